The number of rotatable bonds is 1. The van der Waals surface area contributed by atoms with Gasteiger partial charge in [0.2, 0.25) is 0 Å². The molecule has 128 valence electrons. The molecule has 3 nitrogen and oxygen atoms in total. The van der Waals surface area contributed by atoms with E-state index in [1.165, 1.54) is 83.0 Å². The summed E-state index contributed by atoms with van der Waals surface area (Å²) < 4.78 is 0. The summed E-state index contributed by atoms with van der Waals surface area (Å²) in [5.41, 5.74) is 0. The first kappa shape index (κ1) is 15.0. The summed E-state index contributed by atoms with van der Waals surface area (Å²) in [5, 5.41) is 0. The lowest BCUT2D eigenvalue weighted by molar-refractivity contribution is 0.132. The highest BCUT2D eigenvalue weighted by Crippen LogP contribution is 2.46. The van der Waals surface area contributed by atoms with Crippen LogP contribution in [0.15, 0.2) is 4.99 Å². The Hall–Kier alpha value is -0.250. The number of nitrogens with zero attached hydrogens (tertiary/aromatic N) is 3. The Morgan fingerprint density at radius 1 is 0.739 bits per heavy atom. The Balaban J connectivity index is 1.51. The minimum atomic E-state index is 0.604. The van der Waals surface area contributed by atoms with Gasteiger partial charge in [-0.1, -0.05) is 54.5 Å². The smallest absolute Gasteiger partial charge is 0.198 e. The molecule has 2 aliphatic heterocycles. The summed E-state index contributed by atoms with van der Waals surface area (Å²) in [6, 6.07) is 3.53. The molecule has 0 aromatic rings. The Morgan fingerprint density at radius 2 is 1.48 bits per heavy atom. The third-order valence-corrected chi connectivity index (χ3v) is 8.19. The van der Waals surface area contributed by atoms with Gasteiger partial charge in [-0.05, 0) is 38.5 Å². The molecule has 2 heterocycles. The maximum absolute atomic E-state index is 5.33. The highest BCUT2D eigenvalue weighted by molar-refractivity contribution is 9.09. The van der Waals surface area contributed by atoms with Crippen LogP contribution >= 0.6 is 15.9 Å². The van der Waals surface area contributed by atoms with Gasteiger partial charge in [0.15, 0.2) is 5.96 Å². The number of fused-ring (bicyclic) bond motifs is 5. The second kappa shape index (κ2) is 5.93. The van der Waals surface area contributed by atoms with E-state index in [0.717, 1.165) is 18.1 Å². The van der Waals surface area contributed by atoms with Crippen LogP contribution in [0, 0.1) is 0 Å². The minimum absolute atomic E-state index is 0.604. The summed E-state index contributed by atoms with van der Waals surface area (Å²) >= 11 is 4.08. The van der Waals surface area contributed by atoms with Crippen LogP contribution in [0.2, 0.25) is 0 Å². The molecule has 0 bridgehead atoms. The van der Waals surface area contributed by atoms with Gasteiger partial charge in [0.1, 0.15) is 0 Å². The van der Waals surface area contributed by atoms with E-state index in [9.17, 15) is 0 Å². The Kier molecular flexibility index (Phi) is 3.88. The van der Waals surface area contributed by atoms with E-state index in [1.807, 2.05) is 0 Å². The van der Waals surface area contributed by atoms with E-state index >= 15 is 0 Å². The van der Waals surface area contributed by atoms with Crippen LogP contribution in [0.3, 0.4) is 0 Å². The number of hydrogen-bond acceptors (Lipinski definition) is 3. The molecule has 5 atom stereocenters. The standard InChI is InChI=1S/C19H30BrN3/c20-14-9-6-12-17-18(14)23-16-11-5-4-10-15(16)21-19(23)22(17)13-7-2-1-3-8-13/h13-18H,1-12H2. The van der Waals surface area contributed by atoms with E-state index < -0.39 is 0 Å². The maximum Gasteiger partial charge on any atom is 0.198 e. The summed E-state index contributed by atoms with van der Waals surface area (Å²) in [6.45, 7) is 0. The molecule has 0 spiro atoms. The topological polar surface area (TPSA) is 18.8 Å². The summed E-state index contributed by atoms with van der Waals surface area (Å²) in [5.74, 6) is 1.43. The summed E-state index contributed by atoms with van der Waals surface area (Å²) in [4.78, 5) is 11.7. The molecule has 3 saturated carbocycles. The number of guanidine groups is 1. The molecule has 4 heteroatoms. The maximum atomic E-state index is 5.33. The molecule has 1 saturated heterocycles. The molecule has 3 aliphatic carbocycles. The largest absolute Gasteiger partial charge is 0.335 e. The van der Waals surface area contributed by atoms with Crippen molar-refractivity contribution in [1.82, 2.24) is 9.80 Å². The number of aliphatic imine (C=N–C) groups is 1. The van der Waals surface area contributed by atoms with Crippen LogP contribution < -0.4 is 0 Å². The quantitative estimate of drug-likeness (QED) is 0.632. The Morgan fingerprint density at radius 3 is 2.35 bits per heavy atom. The van der Waals surface area contributed by atoms with Gasteiger partial charge in [-0.3, -0.25) is 0 Å². The predicted molar refractivity (Wildman–Crippen MR) is 98.2 cm³/mol. The third-order valence-electron chi connectivity index (χ3n) is 7.19. The lowest BCUT2D eigenvalue weighted by Gasteiger charge is -2.42. The molecular formula is C19H30BrN3. The lowest BCUT2D eigenvalue weighted by atomic mass is 9.85. The van der Waals surface area contributed by atoms with Gasteiger partial charge in [0.05, 0.1) is 24.2 Å². The molecule has 5 aliphatic rings. The van der Waals surface area contributed by atoms with E-state index in [4.69, 9.17) is 4.99 Å². The van der Waals surface area contributed by atoms with Crippen molar-refractivity contribution in [2.45, 2.75) is 112 Å². The SMILES string of the molecule is BrC1CCCC2C1N1C(=NC3CCCCC31)N2C1CCCCC1. The van der Waals surface area contributed by atoms with Crippen molar-refractivity contribution in [2.75, 3.05) is 0 Å². The average molecular weight is 380 g/mol. The first-order valence-corrected chi connectivity index (χ1v) is 11.0. The Bertz CT molecular complexity index is 487. The molecule has 5 rings (SSSR count). The van der Waals surface area contributed by atoms with Crippen molar-refractivity contribution in [1.29, 1.82) is 0 Å². The molecule has 0 amide bonds. The predicted octanol–water partition coefficient (Wildman–Crippen LogP) is 4.30. The second-order valence-electron chi connectivity index (χ2n) is 8.46. The molecule has 0 aromatic carbocycles. The number of alkyl halides is 1. The van der Waals surface area contributed by atoms with Gasteiger partial charge >= 0.3 is 0 Å². The van der Waals surface area contributed by atoms with Crippen LogP contribution in [0.1, 0.15) is 77.0 Å². The zero-order chi connectivity index (χ0) is 15.4. The van der Waals surface area contributed by atoms with E-state index in [0.29, 0.717) is 16.9 Å². The number of halogens is 1. The molecule has 4 fully saturated rings. The van der Waals surface area contributed by atoms with Crippen LogP contribution in [0.4, 0.5) is 0 Å². The van der Waals surface area contributed by atoms with Crippen molar-refractivity contribution in [3.8, 4) is 0 Å². The zero-order valence-corrected chi connectivity index (χ0v) is 15.8. The van der Waals surface area contributed by atoms with Crippen molar-refractivity contribution in [3.05, 3.63) is 0 Å². The van der Waals surface area contributed by atoms with Crippen LogP contribution in [0.5, 0.6) is 0 Å². The molecule has 0 N–H and O–H groups in total. The summed E-state index contributed by atoms with van der Waals surface area (Å²) in [6.07, 6.45) is 16.7. The van der Waals surface area contributed by atoms with Crippen LogP contribution in [0.25, 0.3) is 0 Å². The number of hydrogen-bond donors (Lipinski definition) is 0. The fourth-order valence-corrected chi connectivity index (χ4v) is 7.12. The van der Waals surface area contributed by atoms with Gasteiger partial charge in [-0.2, -0.15) is 0 Å². The van der Waals surface area contributed by atoms with Crippen molar-refractivity contribution >= 4 is 21.9 Å². The van der Waals surface area contributed by atoms with E-state index in [-0.39, 0.29) is 0 Å². The minimum Gasteiger partial charge on any atom is -0.335 e. The van der Waals surface area contributed by atoms with Gasteiger partial charge in [0, 0.05) is 10.9 Å². The van der Waals surface area contributed by atoms with Crippen LogP contribution in [-0.2, 0) is 0 Å². The fraction of sp³-hybridized carbons (Fsp3) is 0.947. The molecule has 23 heavy (non-hydrogen) atoms. The molecular weight excluding hydrogens is 350 g/mol. The van der Waals surface area contributed by atoms with Crippen molar-refractivity contribution in [2.24, 2.45) is 4.99 Å². The summed E-state index contributed by atoms with van der Waals surface area (Å²) in [7, 11) is 0. The van der Waals surface area contributed by atoms with Crippen molar-refractivity contribution in [3.63, 3.8) is 0 Å². The molecule has 0 radical (unpaired) electrons. The van der Waals surface area contributed by atoms with Gasteiger partial charge in [-0.15, -0.1) is 0 Å². The average Bonchev–Trinajstić information content (AvgIpc) is 3.10. The zero-order valence-electron chi connectivity index (χ0n) is 14.2. The van der Waals surface area contributed by atoms with Gasteiger partial charge < -0.3 is 9.80 Å². The lowest BCUT2D eigenvalue weighted by Crippen LogP contribution is -2.52. The first-order chi connectivity index (χ1) is 11.3. The van der Waals surface area contributed by atoms with Crippen LogP contribution in [-0.4, -0.2) is 50.8 Å². The van der Waals surface area contributed by atoms with E-state index in [2.05, 4.69) is 25.7 Å². The monoisotopic (exact) mass is 379 g/mol. The van der Waals surface area contributed by atoms with E-state index in [1.54, 1.807) is 0 Å². The first-order valence-electron chi connectivity index (χ1n) is 10.1. The molecule has 5 unspecified atom stereocenters. The third kappa shape index (κ3) is 2.30. The van der Waals surface area contributed by atoms with Gasteiger partial charge in [-0.25, -0.2) is 4.99 Å². The van der Waals surface area contributed by atoms with Crippen molar-refractivity contribution < 1.29 is 0 Å². The fourth-order valence-electron chi connectivity index (χ4n) is 6.19. The highest BCUT2D eigenvalue weighted by atomic mass is 79.9. The second-order valence-corrected chi connectivity index (χ2v) is 9.64. The highest BCUT2D eigenvalue weighted by Gasteiger charge is 2.56. The normalized spacial score (nSPS) is 43.9. The molecule has 0 aromatic heterocycles. The Labute approximate surface area is 149 Å². The van der Waals surface area contributed by atoms with Gasteiger partial charge in [0.25, 0.3) is 0 Å².